The molecule has 2 heterocycles. The number of halogens is 1. The zero-order chi connectivity index (χ0) is 15.0. The fourth-order valence-electron chi connectivity index (χ4n) is 2.39. The maximum absolute atomic E-state index is 12.3. The summed E-state index contributed by atoms with van der Waals surface area (Å²) in [5.74, 6) is 0. The average Bonchev–Trinajstić information content (AvgIpc) is 2.82. The van der Waals surface area contributed by atoms with Crippen LogP contribution in [0, 0.1) is 6.92 Å². The molecule has 0 bridgehead atoms. The molecular weight excluding hydrogens is 290 g/mol. The van der Waals surface area contributed by atoms with Crippen molar-refractivity contribution in [2.24, 2.45) is 0 Å². The summed E-state index contributed by atoms with van der Waals surface area (Å²) >= 11 is 6.06. The van der Waals surface area contributed by atoms with Gasteiger partial charge in [-0.15, -0.1) is 0 Å². The SMILES string of the molecule is COCc1nc2c(-c3ccccc3)c(C)[nH]n2c(=O)c1Cl. The maximum atomic E-state index is 12.3. The molecule has 0 aliphatic carbocycles. The number of H-pyrrole nitrogens is 1. The largest absolute Gasteiger partial charge is 0.378 e. The predicted octanol–water partition coefficient (Wildman–Crippen LogP) is 2.80. The van der Waals surface area contributed by atoms with E-state index in [1.165, 1.54) is 4.52 Å². The van der Waals surface area contributed by atoms with E-state index in [1.54, 1.807) is 7.11 Å². The molecule has 0 aliphatic rings. The highest BCUT2D eigenvalue weighted by Crippen LogP contribution is 2.27. The minimum absolute atomic E-state index is 0.0789. The fourth-order valence-corrected chi connectivity index (χ4v) is 2.57. The summed E-state index contributed by atoms with van der Waals surface area (Å²) in [6, 6.07) is 9.80. The van der Waals surface area contributed by atoms with Gasteiger partial charge in [-0.05, 0) is 12.5 Å². The number of fused-ring (bicyclic) bond motifs is 1. The van der Waals surface area contributed by atoms with Crippen molar-refractivity contribution in [3.8, 4) is 11.1 Å². The van der Waals surface area contributed by atoms with Crippen molar-refractivity contribution in [1.29, 1.82) is 0 Å². The zero-order valence-corrected chi connectivity index (χ0v) is 12.4. The molecule has 0 saturated heterocycles. The fraction of sp³-hybridized carbons (Fsp3) is 0.200. The van der Waals surface area contributed by atoms with Crippen LogP contribution in [0.25, 0.3) is 16.8 Å². The van der Waals surface area contributed by atoms with Crippen molar-refractivity contribution in [1.82, 2.24) is 14.6 Å². The Bertz CT molecular complexity index is 853. The summed E-state index contributed by atoms with van der Waals surface area (Å²) in [6.07, 6.45) is 0. The van der Waals surface area contributed by atoms with E-state index in [9.17, 15) is 4.79 Å². The lowest BCUT2D eigenvalue weighted by Gasteiger charge is -2.04. The van der Waals surface area contributed by atoms with Gasteiger partial charge in [-0.1, -0.05) is 41.9 Å². The highest BCUT2D eigenvalue weighted by molar-refractivity contribution is 6.31. The number of aromatic amines is 1. The molecule has 0 atom stereocenters. The van der Waals surface area contributed by atoms with E-state index in [4.69, 9.17) is 16.3 Å². The van der Waals surface area contributed by atoms with Crippen LogP contribution in [0.5, 0.6) is 0 Å². The summed E-state index contributed by atoms with van der Waals surface area (Å²) in [6.45, 7) is 2.10. The van der Waals surface area contributed by atoms with Crippen LogP contribution in [-0.4, -0.2) is 21.7 Å². The second kappa shape index (κ2) is 5.35. The standard InChI is InChI=1S/C15H14ClN3O2/c1-9-12(10-6-4-3-5-7-10)14-17-11(8-21-2)13(16)15(20)19(14)18-9/h3-7,18H,8H2,1-2H3. The molecule has 5 nitrogen and oxygen atoms in total. The molecule has 0 amide bonds. The van der Waals surface area contributed by atoms with Crippen LogP contribution in [0.4, 0.5) is 0 Å². The lowest BCUT2D eigenvalue weighted by atomic mass is 10.1. The summed E-state index contributed by atoms with van der Waals surface area (Å²) < 4.78 is 6.43. The Morgan fingerprint density at radius 2 is 2.05 bits per heavy atom. The van der Waals surface area contributed by atoms with Gasteiger partial charge in [0.1, 0.15) is 5.02 Å². The Morgan fingerprint density at radius 1 is 1.33 bits per heavy atom. The van der Waals surface area contributed by atoms with Crippen LogP contribution in [0.1, 0.15) is 11.4 Å². The molecule has 108 valence electrons. The Hall–Kier alpha value is -2.11. The summed E-state index contributed by atoms with van der Waals surface area (Å²) in [5.41, 5.74) is 3.42. The molecule has 6 heteroatoms. The Balaban J connectivity index is 2.36. The number of nitrogens with zero attached hydrogens (tertiary/aromatic N) is 2. The van der Waals surface area contributed by atoms with E-state index in [1.807, 2.05) is 37.3 Å². The smallest absolute Gasteiger partial charge is 0.291 e. The van der Waals surface area contributed by atoms with Gasteiger partial charge < -0.3 is 4.74 Å². The second-order valence-corrected chi connectivity index (χ2v) is 5.13. The Kier molecular flexibility index (Phi) is 3.53. The van der Waals surface area contributed by atoms with Gasteiger partial charge in [-0.3, -0.25) is 9.89 Å². The topological polar surface area (TPSA) is 59.4 Å². The van der Waals surface area contributed by atoms with Crippen LogP contribution < -0.4 is 5.56 Å². The minimum Gasteiger partial charge on any atom is -0.378 e. The molecule has 2 aromatic heterocycles. The molecular formula is C15H14ClN3O2. The number of methoxy groups -OCH3 is 1. The zero-order valence-electron chi connectivity index (χ0n) is 11.7. The van der Waals surface area contributed by atoms with Crippen molar-refractivity contribution < 1.29 is 4.74 Å². The van der Waals surface area contributed by atoms with Crippen molar-refractivity contribution in [3.05, 3.63) is 57.1 Å². The number of ether oxygens (including phenoxy) is 1. The number of hydrogen-bond acceptors (Lipinski definition) is 3. The normalized spacial score (nSPS) is 11.2. The van der Waals surface area contributed by atoms with E-state index < -0.39 is 0 Å². The van der Waals surface area contributed by atoms with E-state index in [-0.39, 0.29) is 17.2 Å². The Labute approximate surface area is 126 Å². The molecule has 3 aromatic rings. The third-order valence-electron chi connectivity index (χ3n) is 3.32. The summed E-state index contributed by atoms with van der Waals surface area (Å²) in [4.78, 5) is 16.8. The highest BCUT2D eigenvalue weighted by Gasteiger charge is 2.17. The van der Waals surface area contributed by atoms with Crippen molar-refractivity contribution in [3.63, 3.8) is 0 Å². The molecule has 0 unspecified atom stereocenters. The third kappa shape index (κ3) is 2.24. The third-order valence-corrected chi connectivity index (χ3v) is 3.70. The van der Waals surface area contributed by atoms with Gasteiger partial charge in [0.25, 0.3) is 5.56 Å². The number of nitrogens with one attached hydrogen (secondary N) is 1. The van der Waals surface area contributed by atoms with Crippen LogP contribution in [0.2, 0.25) is 5.02 Å². The lowest BCUT2D eigenvalue weighted by molar-refractivity contribution is 0.181. The molecule has 0 saturated carbocycles. The van der Waals surface area contributed by atoms with Crippen LogP contribution in [0.15, 0.2) is 35.1 Å². The van der Waals surface area contributed by atoms with E-state index >= 15 is 0 Å². The molecule has 3 rings (SSSR count). The highest BCUT2D eigenvalue weighted by atomic mass is 35.5. The number of benzene rings is 1. The van der Waals surface area contributed by atoms with Crippen molar-refractivity contribution in [2.45, 2.75) is 13.5 Å². The van der Waals surface area contributed by atoms with E-state index in [0.29, 0.717) is 11.3 Å². The molecule has 0 radical (unpaired) electrons. The molecule has 0 spiro atoms. The molecule has 21 heavy (non-hydrogen) atoms. The van der Waals surface area contributed by atoms with Gasteiger partial charge in [0.15, 0.2) is 5.65 Å². The summed E-state index contributed by atoms with van der Waals surface area (Å²) in [7, 11) is 1.54. The van der Waals surface area contributed by atoms with E-state index in [0.717, 1.165) is 16.8 Å². The lowest BCUT2D eigenvalue weighted by Crippen LogP contribution is -2.18. The Morgan fingerprint density at radius 3 is 2.71 bits per heavy atom. The van der Waals surface area contributed by atoms with Gasteiger partial charge in [0.05, 0.1) is 12.3 Å². The molecule has 1 N–H and O–H groups in total. The average molecular weight is 304 g/mol. The molecule has 1 aromatic carbocycles. The second-order valence-electron chi connectivity index (χ2n) is 4.75. The van der Waals surface area contributed by atoms with Gasteiger partial charge in [-0.2, -0.15) is 4.52 Å². The van der Waals surface area contributed by atoms with Gasteiger partial charge in [-0.25, -0.2) is 4.98 Å². The predicted molar refractivity (Wildman–Crippen MR) is 81.7 cm³/mol. The monoisotopic (exact) mass is 303 g/mol. The van der Waals surface area contributed by atoms with Gasteiger partial charge in [0.2, 0.25) is 0 Å². The van der Waals surface area contributed by atoms with Gasteiger partial charge in [0, 0.05) is 18.4 Å². The van der Waals surface area contributed by atoms with Crippen LogP contribution in [0.3, 0.4) is 0 Å². The first kappa shape index (κ1) is 13.9. The first-order valence-corrected chi connectivity index (χ1v) is 6.85. The summed E-state index contributed by atoms with van der Waals surface area (Å²) in [5, 5.41) is 3.10. The van der Waals surface area contributed by atoms with Crippen molar-refractivity contribution >= 4 is 17.2 Å². The number of aromatic nitrogens is 3. The number of hydrogen-bond donors (Lipinski definition) is 1. The van der Waals surface area contributed by atoms with Gasteiger partial charge >= 0.3 is 0 Å². The maximum Gasteiger partial charge on any atom is 0.291 e. The number of rotatable bonds is 3. The minimum atomic E-state index is -0.320. The van der Waals surface area contributed by atoms with Crippen molar-refractivity contribution in [2.75, 3.05) is 7.11 Å². The first-order chi connectivity index (χ1) is 10.1. The number of aryl methyl sites for hydroxylation is 1. The molecule has 0 fully saturated rings. The quantitative estimate of drug-likeness (QED) is 0.809. The van der Waals surface area contributed by atoms with E-state index in [2.05, 4.69) is 10.1 Å². The molecule has 0 aliphatic heterocycles. The van der Waals surface area contributed by atoms with Crippen LogP contribution in [-0.2, 0) is 11.3 Å². The first-order valence-electron chi connectivity index (χ1n) is 6.47. The van der Waals surface area contributed by atoms with Crippen LogP contribution >= 0.6 is 11.6 Å².